The van der Waals surface area contributed by atoms with Crippen LogP contribution in [-0.2, 0) is 4.79 Å². The van der Waals surface area contributed by atoms with Gasteiger partial charge in [0.25, 0.3) is 11.8 Å². The van der Waals surface area contributed by atoms with Crippen LogP contribution in [0.15, 0.2) is 29.6 Å². The lowest BCUT2D eigenvalue weighted by Crippen LogP contribution is -2.43. The number of carbonyl (C=O) groups is 2. The number of amides is 2. The lowest BCUT2D eigenvalue weighted by Gasteiger charge is -2.13. The lowest BCUT2D eigenvalue weighted by molar-refractivity contribution is -0.122. The largest absolute Gasteiger partial charge is 0.493 e. The molecule has 9 nitrogen and oxygen atoms in total. The zero-order chi connectivity index (χ0) is 19.1. The number of H-pyrrole nitrogens is 1. The average Bonchev–Trinajstić information content (AvgIpc) is 3.05. The molecule has 2 aromatic rings. The molecule has 0 aliphatic rings. The zero-order valence-electron chi connectivity index (χ0n) is 15.0. The van der Waals surface area contributed by atoms with Gasteiger partial charge in [-0.1, -0.05) is 0 Å². The molecule has 138 valence electrons. The first-order chi connectivity index (χ1) is 12.5. The smallest absolute Gasteiger partial charge is 0.262 e. The van der Waals surface area contributed by atoms with Crippen molar-refractivity contribution in [1.82, 2.24) is 20.7 Å². The van der Waals surface area contributed by atoms with E-state index in [-0.39, 0.29) is 0 Å². The number of ether oxygens (including phenoxy) is 2. The van der Waals surface area contributed by atoms with Crippen molar-refractivity contribution < 1.29 is 19.1 Å². The number of nitrogens with zero attached hydrogens (tertiary/aromatic N) is 2. The average molecular weight is 359 g/mol. The van der Waals surface area contributed by atoms with Crippen molar-refractivity contribution in [3.05, 3.63) is 41.5 Å². The number of imidazole rings is 1. The number of methoxy groups -OCH3 is 2. The second kappa shape index (κ2) is 8.65. The predicted octanol–water partition coefficient (Wildman–Crippen LogP) is 1.00. The molecule has 3 N–H and O–H groups in total. The van der Waals surface area contributed by atoms with Crippen molar-refractivity contribution in [3.63, 3.8) is 0 Å². The summed E-state index contributed by atoms with van der Waals surface area (Å²) in [6, 6.07) is 3.96. The van der Waals surface area contributed by atoms with Gasteiger partial charge in [0.05, 0.1) is 26.8 Å². The summed E-state index contributed by atoms with van der Waals surface area (Å²) < 4.78 is 10.3. The summed E-state index contributed by atoms with van der Waals surface area (Å²) in [5.41, 5.74) is 4.16. The van der Waals surface area contributed by atoms with E-state index in [1.807, 2.05) is 6.92 Å². The summed E-state index contributed by atoms with van der Waals surface area (Å²) in [5.74, 6) is 0.0676. The van der Waals surface area contributed by atoms with Crippen LogP contribution in [0.2, 0.25) is 0 Å². The van der Waals surface area contributed by atoms with Crippen LogP contribution in [-0.4, -0.2) is 48.3 Å². The van der Waals surface area contributed by atoms with Crippen molar-refractivity contribution in [1.29, 1.82) is 0 Å². The second-order valence-electron chi connectivity index (χ2n) is 5.41. The summed E-state index contributed by atoms with van der Waals surface area (Å²) in [4.78, 5) is 31.3. The Morgan fingerprint density at radius 2 is 2.00 bits per heavy atom. The first-order valence-electron chi connectivity index (χ1n) is 7.82. The standard InChI is InChI=1S/C17H21N5O4/c1-10-13(19-9-18-10)8-20-22-16(23)11(2)21-17(24)12-5-6-14(25-3)15(7-12)26-4/h5-9,11H,1-4H3,(H,18,19)(H,21,24)(H,22,23)/b20-8+/t11-/m0/s1. The maximum atomic E-state index is 12.3. The fourth-order valence-corrected chi connectivity index (χ4v) is 2.08. The molecule has 0 radical (unpaired) electrons. The molecule has 2 amide bonds. The number of aryl methyl sites for hydroxylation is 1. The van der Waals surface area contributed by atoms with E-state index < -0.39 is 17.9 Å². The Morgan fingerprint density at radius 3 is 2.62 bits per heavy atom. The molecule has 0 aliphatic carbocycles. The molecule has 0 saturated carbocycles. The first kappa shape index (κ1) is 19.0. The quantitative estimate of drug-likeness (QED) is 0.504. The van der Waals surface area contributed by atoms with E-state index in [1.54, 1.807) is 19.1 Å². The van der Waals surface area contributed by atoms with Crippen LogP contribution in [0.25, 0.3) is 0 Å². The molecule has 0 aliphatic heterocycles. The number of aromatic nitrogens is 2. The molecule has 2 rings (SSSR count). The SMILES string of the molecule is COc1ccc(C(=O)N[C@@H](C)C(=O)N/N=C/c2nc[nH]c2C)cc1OC. The van der Waals surface area contributed by atoms with Crippen molar-refractivity contribution in [2.24, 2.45) is 5.10 Å². The van der Waals surface area contributed by atoms with Gasteiger partial charge in [-0.15, -0.1) is 0 Å². The summed E-state index contributed by atoms with van der Waals surface area (Å²) in [5, 5.41) is 6.43. The number of carbonyl (C=O) groups excluding carboxylic acids is 2. The van der Waals surface area contributed by atoms with E-state index in [9.17, 15) is 9.59 Å². The van der Waals surface area contributed by atoms with Crippen LogP contribution in [0.1, 0.15) is 28.7 Å². The normalized spacial score (nSPS) is 11.8. The number of hydrazone groups is 1. The fraction of sp³-hybridized carbons (Fsp3) is 0.294. The van der Waals surface area contributed by atoms with E-state index >= 15 is 0 Å². The highest BCUT2D eigenvalue weighted by atomic mass is 16.5. The Balaban J connectivity index is 1.94. The Labute approximate surface area is 150 Å². The van der Waals surface area contributed by atoms with Crippen molar-refractivity contribution in [2.45, 2.75) is 19.9 Å². The Hall–Kier alpha value is -3.36. The zero-order valence-corrected chi connectivity index (χ0v) is 15.0. The highest BCUT2D eigenvalue weighted by Crippen LogP contribution is 2.27. The van der Waals surface area contributed by atoms with E-state index in [1.165, 1.54) is 32.8 Å². The molecule has 0 bridgehead atoms. The van der Waals surface area contributed by atoms with Gasteiger partial charge in [-0.3, -0.25) is 9.59 Å². The van der Waals surface area contributed by atoms with Crippen molar-refractivity contribution in [2.75, 3.05) is 14.2 Å². The molecule has 0 spiro atoms. The molecule has 1 aromatic heterocycles. The minimum absolute atomic E-state index is 0.345. The molecule has 9 heteroatoms. The van der Waals surface area contributed by atoms with Gasteiger partial charge in [-0.05, 0) is 32.0 Å². The van der Waals surface area contributed by atoms with Crippen LogP contribution in [0.3, 0.4) is 0 Å². The number of hydrogen-bond acceptors (Lipinski definition) is 6. The maximum Gasteiger partial charge on any atom is 0.262 e. The van der Waals surface area contributed by atoms with E-state index in [4.69, 9.17) is 9.47 Å². The number of hydrogen-bond donors (Lipinski definition) is 3. The molecule has 26 heavy (non-hydrogen) atoms. The topological polar surface area (TPSA) is 118 Å². The molecule has 0 fully saturated rings. The molecule has 1 aromatic carbocycles. The molecule has 1 heterocycles. The third-order valence-corrected chi connectivity index (χ3v) is 3.62. The van der Waals surface area contributed by atoms with Gasteiger partial charge in [0.15, 0.2) is 11.5 Å². The molecule has 0 saturated heterocycles. The fourth-order valence-electron chi connectivity index (χ4n) is 2.08. The first-order valence-corrected chi connectivity index (χ1v) is 7.82. The summed E-state index contributed by atoms with van der Waals surface area (Å²) >= 11 is 0. The number of nitrogens with one attached hydrogen (secondary N) is 3. The van der Waals surface area contributed by atoms with Gasteiger partial charge in [-0.2, -0.15) is 5.10 Å². The van der Waals surface area contributed by atoms with Crippen molar-refractivity contribution >= 4 is 18.0 Å². The Kier molecular flexibility index (Phi) is 6.31. The molecular weight excluding hydrogens is 338 g/mol. The highest BCUT2D eigenvalue weighted by molar-refractivity contribution is 5.98. The van der Waals surface area contributed by atoms with E-state index in [2.05, 4.69) is 25.8 Å². The third-order valence-electron chi connectivity index (χ3n) is 3.62. The van der Waals surface area contributed by atoms with Gasteiger partial charge in [0, 0.05) is 11.3 Å². The highest BCUT2D eigenvalue weighted by Gasteiger charge is 2.17. The monoisotopic (exact) mass is 359 g/mol. The maximum absolute atomic E-state index is 12.3. The van der Waals surface area contributed by atoms with Gasteiger partial charge >= 0.3 is 0 Å². The van der Waals surface area contributed by atoms with Crippen LogP contribution < -0.4 is 20.2 Å². The van der Waals surface area contributed by atoms with E-state index in [0.29, 0.717) is 22.8 Å². The van der Waals surface area contributed by atoms with Gasteiger partial charge < -0.3 is 19.8 Å². The molecule has 1 atom stereocenters. The van der Waals surface area contributed by atoms with Crippen LogP contribution in [0, 0.1) is 6.92 Å². The Morgan fingerprint density at radius 1 is 1.27 bits per heavy atom. The van der Waals surface area contributed by atoms with Gasteiger partial charge in [0.2, 0.25) is 0 Å². The van der Waals surface area contributed by atoms with Gasteiger partial charge in [0.1, 0.15) is 11.7 Å². The predicted molar refractivity (Wildman–Crippen MR) is 95.5 cm³/mol. The molecule has 0 unspecified atom stereocenters. The summed E-state index contributed by atoms with van der Waals surface area (Å²) in [6.45, 7) is 3.39. The van der Waals surface area contributed by atoms with Gasteiger partial charge in [-0.25, -0.2) is 10.4 Å². The number of rotatable bonds is 7. The van der Waals surface area contributed by atoms with Crippen molar-refractivity contribution in [3.8, 4) is 11.5 Å². The molecular formula is C17H21N5O4. The number of aromatic amines is 1. The number of benzene rings is 1. The Bertz CT molecular complexity index is 815. The van der Waals surface area contributed by atoms with Crippen LogP contribution >= 0.6 is 0 Å². The summed E-state index contributed by atoms with van der Waals surface area (Å²) in [7, 11) is 2.99. The van der Waals surface area contributed by atoms with Crippen LogP contribution in [0.4, 0.5) is 0 Å². The van der Waals surface area contributed by atoms with E-state index in [0.717, 1.165) is 5.69 Å². The minimum Gasteiger partial charge on any atom is -0.493 e. The van der Waals surface area contributed by atoms with Crippen LogP contribution in [0.5, 0.6) is 11.5 Å². The minimum atomic E-state index is -0.784. The second-order valence-corrected chi connectivity index (χ2v) is 5.41. The third kappa shape index (κ3) is 4.59. The summed E-state index contributed by atoms with van der Waals surface area (Å²) in [6.07, 6.45) is 2.96. The lowest BCUT2D eigenvalue weighted by atomic mass is 10.1.